The van der Waals surface area contributed by atoms with Gasteiger partial charge in [0.25, 0.3) is 0 Å². The fourth-order valence-electron chi connectivity index (χ4n) is 3.55. The number of hydrogen-bond acceptors (Lipinski definition) is 4. The molecule has 4 heteroatoms. The fourth-order valence-corrected chi connectivity index (χ4v) is 3.55. The Morgan fingerprint density at radius 3 is 1.11 bits per heavy atom. The highest BCUT2D eigenvalue weighted by atomic mass is 14.7. The lowest BCUT2D eigenvalue weighted by atomic mass is 9.87. The summed E-state index contributed by atoms with van der Waals surface area (Å²) in [5.41, 5.74) is 33.0. The number of nitrogens with two attached hydrogens (primary N) is 4. The molecule has 0 saturated heterocycles. The molecular formula is C24H22N4. The maximum Gasteiger partial charge on any atom is 0.0633 e. The summed E-state index contributed by atoms with van der Waals surface area (Å²) in [5.74, 6) is 0. The average Bonchev–Trinajstić information content (AvgIpc) is 2.73. The third kappa shape index (κ3) is 2.91. The summed E-state index contributed by atoms with van der Waals surface area (Å²) in [6, 6.07) is 27.6. The number of nitrogen functional groups attached to an aromatic ring is 4. The zero-order chi connectivity index (χ0) is 19.7. The summed E-state index contributed by atoms with van der Waals surface area (Å²) < 4.78 is 0. The van der Waals surface area contributed by atoms with Crippen molar-refractivity contribution in [2.24, 2.45) is 0 Å². The number of rotatable bonds is 3. The van der Waals surface area contributed by atoms with E-state index in [1.54, 1.807) is 0 Å². The molecule has 0 saturated carbocycles. The van der Waals surface area contributed by atoms with E-state index in [0.717, 1.165) is 33.4 Å². The minimum Gasteiger partial charge on any atom is -0.397 e. The second kappa shape index (κ2) is 7.00. The maximum atomic E-state index is 6.43. The van der Waals surface area contributed by atoms with Crippen molar-refractivity contribution < 1.29 is 0 Å². The van der Waals surface area contributed by atoms with E-state index in [4.69, 9.17) is 22.9 Å². The third-order valence-corrected chi connectivity index (χ3v) is 4.97. The monoisotopic (exact) mass is 366 g/mol. The van der Waals surface area contributed by atoms with Crippen LogP contribution in [-0.2, 0) is 0 Å². The molecule has 4 aromatic rings. The zero-order valence-corrected chi connectivity index (χ0v) is 15.4. The van der Waals surface area contributed by atoms with Gasteiger partial charge in [-0.25, -0.2) is 0 Å². The number of hydrogen-bond donors (Lipinski definition) is 4. The van der Waals surface area contributed by atoms with Crippen molar-refractivity contribution in [1.82, 2.24) is 0 Å². The SMILES string of the molecule is Nc1ccc(-c2ccc(N)c(N)c2-c2ccccc2)c(-c2ccccc2)c1N. The highest BCUT2D eigenvalue weighted by molar-refractivity contribution is 6.03. The van der Waals surface area contributed by atoms with Crippen molar-refractivity contribution in [1.29, 1.82) is 0 Å². The molecule has 0 amide bonds. The van der Waals surface area contributed by atoms with E-state index < -0.39 is 0 Å². The molecular weight excluding hydrogens is 344 g/mol. The van der Waals surface area contributed by atoms with Gasteiger partial charge in [-0.05, 0) is 34.4 Å². The highest BCUT2D eigenvalue weighted by Crippen LogP contribution is 2.45. The Labute approximate surface area is 164 Å². The Kier molecular flexibility index (Phi) is 4.38. The van der Waals surface area contributed by atoms with Gasteiger partial charge in [0.2, 0.25) is 0 Å². The highest BCUT2D eigenvalue weighted by Gasteiger charge is 2.19. The molecule has 28 heavy (non-hydrogen) atoms. The van der Waals surface area contributed by atoms with Crippen molar-refractivity contribution in [2.45, 2.75) is 0 Å². The molecule has 0 heterocycles. The first-order valence-corrected chi connectivity index (χ1v) is 9.05. The quantitative estimate of drug-likeness (QED) is 0.382. The average molecular weight is 366 g/mol. The van der Waals surface area contributed by atoms with Crippen molar-refractivity contribution >= 4 is 22.7 Å². The van der Waals surface area contributed by atoms with Gasteiger partial charge >= 0.3 is 0 Å². The molecule has 0 fully saturated rings. The summed E-state index contributed by atoms with van der Waals surface area (Å²) in [4.78, 5) is 0. The van der Waals surface area contributed by atoms with Crippen molar-refractivity contribution in [3.05, 3.63) is 84.9 Å². The van der Waals surface area contributed by atoms with Crippen LogP contribution in [0.2, 0.25) is 0 Å². The lowest BCUT2D eigenvalue weighted by Gasteiger charge is -2.20. The number of anilines is 4. The normalized spacial score (nSPS) is 10.7. The van der Waals surface area contributed by atoms with Gasteiger partial charge in [0.05, 0.1) is 22.7 Å². The van der Waals surface area contributed by atoms with Crippen LogP contribution in [0.4, 0.5) is 22.7 Å². The summed E-state index contributed by atoms with van der Waals surface area (Å²) in [6.07, 6.45) is 0. The second-order valence-corrected chi connectivity index (χ2v) is 6.71. The first-order valence-electron chi connectivity index (χ1n) is 9.05. The lowest BCUT2D eigenvalue weighted by molar-refractivity contribution is 1.55. The van der Waals surface area contributed by atoms with Crippen LogP contribution >= 0.6 is 0 Å². The van der Waals surface area contributed by atoms with Crippen LogP contribution < -0.4 is 22.9 Å². The second-order valence-electron chi connectivity index (χ2n) is 6.71. The number of benzene rings is 4. The Balaban J connectivity index is 2.07. The molecule has 0 bridgehead atoms. The van der Waals surface area contributed by atoms with Gasteiger partial charge < -0.3 is 22.9 Å². The Hall–Kier alpha value is -3.92. The molecule has 0 aliphatic heterocycles. The molecule has 4 nitrogen and oxygen atoms in total. The molecule has 0 spiro atoms. The largest absolute Gasteiger partial charge is 0.397 e. The molecule has 0 atom stereocenters. The van der Waals surface area contributed by atoms with E-state index in [-0.39, 0.29) is 0 Å². The molecule has 0 aliphatic rings. The summed E-state index contributed by atoms with van der Waals surface area (Å²) in [5, 5.41) is 0. The van der Waals surface area contributed by atoms with Crippen molar-refractivity contribution in [3.8, 4) is 33.4 Å². The topological polar surface area (TPSA) is 104 Å². The summed E-state index contributed by atoms with van der Waals surface area (Å²) in [6.45, 7) is 0. The van der Waals surface area contributed by atoms with Gasteiger partial charge in [-0.2, -0.15) is 0 Å². The van der Waals surface area contributed by atoms with E-state index in [1.807, 2.05) is 84.9 Å². The van der Waals surface area contributed by atoms with Crippen LogP contribution in [0.1, 0.15) is 0 Å². The Morgan fingerprint density at radius 1 is 0.393 bits per heavy atom. The van der Waals surface area contributed by atoms with Crippen LogP contribution in [0, 0.1) is 0 Å². The third-order valence-electron chi connectivity index (χ3n) is 4.97. The molecule has 0 aliphatic carbocycles. The zero-order valence-electron chi connectivity index (χ0n) is 15.4. The molecule has 0 unspecified atom stereocenters. The van der Waals surface area contributed by atoms with Crippen molar-refractivity contribution in [2.75, 3.05) is 22.9 Å². The summed E-state index contributed by atoms with van der Waals surface area (Å²) in [7, 11) is 0. The predicted octanol–water partition coefficient (Wildman–Crippen LogP) is 5.02. The summed E-state index contributed by atoms with van der Waals surface area (Å²) >= 11 is 0. The lowest BCUT2D eigenvalue weighted by Crippen LogP contribution is -2.02. The fraction of sp³-hybridized carbons (Fsp3) is 0. The van der Waals surface area contributed by atoms with Crippen LogP contribution in [0.5, 0.6) is 0 Å². The first kappa shape index (κ1) is 17.5. The molecule has 4 aromatic carbocycles. The van der Waals surface area contributed by atoms with E-state index in [1.165, 1.54) is 0 Å². The smallest absolute Gasteiger partial charge is 0.0633 e. The predicted molar refractivity (Wildman–Crippen MR) is 120 cm³/mol. The van der Waals surface area contributed by atoms with E-state index >= 15 is 0 Å². The van der Waals surface area contributed by atoms with E-state index in [0.29, 0.717) is 22.7 Å². The standard InChI is InChI=1S/C24H22N4/c25-19-13-11-17(21(23(19)27)15-7-3-1-4-8-15)18-12-14-20(26)24(28)22(18)16-9-5-2-6-10-16/h1-14H,25-28H2. The molecule has 8 N–H and O–H groups in total. The maximum absolute atomic E-state index is 6.43. The Bertz CT molecular complexity index is 1040. The van der Waals surface area contributed by atoms with Gasteiger partial charge in [0.1, 0.15) is 0 Å². The van der Waals surface area contributed by atoms with Gasteiger partial charge in [-0.3, -0.25) is 0 Å². The minimum atomic E-state index is 0.548. The molecule has 138 valence electrons. The molecule has 0 radical (unpaired) electrons. The van der Waals surface area contributed by atoms with E-state index in [2.05, 4.69) is 0 Å². The Morgan fingerprint density at radius 2 is 0.750 bits per heavy atom. The minimum absolute atomic E-state index is 0.548. The molecule has 4 rings (SSSR count). The first-order chi connectivity index (χ1) is 13.6. The van der Waals surface area contributed by atoms with Crippen LogP contribution in [-0.4, -0.2) is 0 Å². The van der Waals surface area contributed by atoms with Gasteiger partial charge in [0, 0.05) is 11.1 Å². The van der Waals surface area contributed by atoms with Crippen molar-refractivity contribution in [3.63, 3.8) is 0 Å². The van der Waals surface area contributed by atoms with Gasteiger partial charge in [0.15, 0.2) is 0 Å². The van der Waals surface area contributed by atoms with Gasteiger partial charge in [-0.1, -0.05) is 72.8 Å². The van der Waals surface area contributed by atoms with Crippen LogP contribution in [0.3, 0.4) is 0 Å². The van der Waals surface area contributed by atoms with E-state index in [9.17, 15) is 0 Å². The molecule has 0 aromatic heterocycles. The van der Waals surface area contributed by atoms with Crippen LogP contribution in [0.15, 0.2) is 84.9 Å². The van der Waals surface area contributed by atoms with Gasteiger partial charge in [-0.15, -0.1) is 0 Å². The van der Waals surface area contributed by atoms with Crippen LogP contribution in [0.25, 0.3) is 33.4 Å².